The van der Waals surface area contributed by atoms with E-state index in [9.17, 15) is 10.2 Å². The standard InChI is InChI=1S/C17H20O2/c1-4-13(14-9-11(2)5-7-16(14)18)15-10-12(3)6-8-17(15)19/h5-10,13,18-19H,4H2,1-3H3. The van der Waals surface area contributed by atoms with Crippen molar-refractivity contribution in [2.45, 2.75) is 33.1 Å². The minimum Gasteiger partial charge on any atom is -0.508 e. The average molecular weight is 256 g/mol. The van der Waals surface area contributed by atoms with Crippen LogP contribution in [0.15, 0.2) is 36.4 Å². The van der Waals surface area contributed by atoms with Crippen LogP contribution in [0.3, 0.4) is 0 Å². The van der Waals surface area contributed by atoms with Crippen LogP contribution in [0, 0.1) is 13.8 Å². The Labute approximate surface area is 114 Å². The number of hydrogen-bond acceptors (Lipinski definition) is 2. The Hall–Kier alpha value is -1.96. The smallest absolute Gasteiger partial charge is 0.119 e. The summed E-state index contributed by atoms with van der Waals surface area (Å²) in [6.07, 6.45) is 0.827. The molecule has 0 saturated carbocycles. The van der Waals surface area contributed by atoms with Crippen molar-refractivity contribution in [2.75, 3.05) is 0 Å². The number of phenolic OH excluding ortho intramolecular Hbond substituents is 2. The van der Waals surface area contributed by atoms with Crippen molar-refractivity contribution in [3.63, 3.8) is 0 Å². The van der Waals surface area contributed by atoms with Gasteiger partial charge in [-0.25, -0.2) is 0 Å². The van der Waals surface area contributed by atoms with Gasteiger partial charge in [-0.1, -0.05) is 42.3 Å². The molecule has 0 aliphatic carbocycles. The summed E-state index contributed by atoms with van der Waals surface area (Å²) in [4.78, 5) is 0. The molecular weight excluding hydrogens is 236 g/mol. The molecule has 2 aromatic carbocycles. The van der Waals surface area contributed by atoms with E-state index >= 15 is 0 Å². The zero-order valence-corrected chi connectivity index (χ0v) is 11.6. The summed E-state index contributed by atoms with van der Waals surface area (Å²) in [6.45, 7) is 6.08. The van der Waals surface area contributed by atoms with Crippen molar-refractivity contribution in [1.29, 1.82) is 0 Å². The summed E-state index contributed by atoms with van der Waals surface area (Å²) in [5.74, 6) is 0.594. The molecule has 19 heavy (non-hydrogen) atoms. The second-order valence-electron chi connectivity index (χ2n) is 5.09. The van der Waals surface area contributed by atoms with E-state index in [1.807, 2.05) is 38.1 Å². The molecule has 2 aromatic rings. The monoisotopic (exact) mass is 256 g/mol. The second-order valence-corrected chi connectivity index (χ2v) is 5.09. The summed E-state index contributed by atoms with van der Waals surface area (Å²) >= 11 is 0. The maximum atomic E-state index is 10.1. The maximum absolute atomic E-state index is 10.1. The zero-order chi connectivity index (χ0) is 14.0. The molecular formula is C17H20O2. The molecule has 0 aliphatic heterocycles. The largest absolute Gasteiger partial charge is 0.508 e. The number of rotatable bonds is 3. The van der Waals surface area contributed by atoms with Crippen molar-refractivity contribution in [3.05, 3.63) is 58.7 Å². The van der Waals surface area contributed by atoms with Gasteiger partial charge in [-0.15, -0.1) is 0 Å². The average Bonchev–Trinajstić information content (AvgIpc) is 2.38. The van der Waals surface area contributed by atoms with Crippen molar-refractivity contribution in [2.24, 2.45) is 0 Å². The molecule has 0 heterocycles. The van der Waals surface area contributed by atoms with Crippen LogP contribution < -0.4 is 0 Å². The Morgan fingerprint density at radius 1 is 0.842 bits per heavy atom. The van der Waals surface area contributed by atoms with Crippen LogP contribution in [0.4, 0.5) is 0 Å². The molecule has 0 fully saturated rings. The van der Waals surface area contributed by atoms with E-state index in [1.165, 1.54) is 0 Å². The van der Waals surface area contributed by atoms with Crippen LogP contribution in [0.25, 0.3) is 0 Å². The minimum absolute atomic E-state index is 0.0137. The molecule has 100 valence electrons. The number of aryl methyl sites for hydroxylation is 2. The van der Waals surface area contributed by atoms with Crippen molar-refractivity contribution < 1.29 is 10.2 Å². The number of benzene rings is 2. The molecule has 0 atom stereocenters. The van der Waals surface area contributed by atoms with E-state index in [0.717, 1.165) is 28.7 Å². The van der Waals surface area contributed by atoms with Crippen molar-refractivity contribution >= 4 is 0 Å². The molecule has 0 spiro atoms. The highest BCUT2D eigenvalue weighted by molar-refractivity contribution is 5.48. The van der Waals surface area contributed by atoms with Crippen LogP contribution in [0.1, 0.15) is 41.5 Å². The predicted molar refractivity (Wildman–Crippen MR) is 77.8 cm³/mol. The fraction of sp³-hybridized carbons (Fsp3) is 0.294. The highest BCUT2D eigenvalue weighted by Crippen LogP contribution is 2.38. The Bertz CT molecular complexity index is 536. The van der Waals surface area contributed by atoms with E-state index in [-0.39, 0.29) is 5.92 Å². The van der Waals surface area contributed by atoms with Gasteiger partial charge in [-0.2, -0.15) is 0 Å². The van der Waals surface area contributed by atoms with Gasteiger partial charge in [-0.05, 0) is 32.4 Å². The normalized spacial score (nSPS) is 10.9. The molecule has 0 unspecified atom stereocenters. The summed E-state index contributed by atoms with van der Waals surface area (Å²) in [7, 11) is 0. The predicted octanol–water partition coefficient (Wildman–Crippen LogP) is 4.26. The first-order valence-electron chi connectivity index (χ1n) is 6.62. The van der Waals surface area contributed by atoms with Gasteiger partial charge in [0, 0.05) is 17.0 Å². The van der Waals surface area contributed by atoms with Gasteiger partial charge in [0.05, 0.1) is 0 Å². The van der Waals surface area contributed by atoms with Gasteiger partial charge >= 0.3 is 0 Å². The first-order valence-corrected chi connectivity index (χ1v) is 6.62. The highest BCUT2D eigenvalue weighted by atomic mass is 16.3. The SMILES string of the molecule is CCC(c1cc(C)ccc1O)c1cc(C)ccc1O. The summed E-state index contributed by atoms with van der Waals surface area (Å²) in [5.41, 5.74) is 3.98. The molecule has 0 aliphatic rings. The molecule has 2 nitrogen and oxygen atoms in total. The molecule has 0 radical (unpaired) electrons. The molecule has 2 rings (SSSR count). The van der Waals surface area contributed by atoms with Gasteiger partial charge in [0.15, 0.2) is 0 Å². The van der Waals surface area contributed by atoms with Crippen molar-refractivity contribution in [3.8, 4) is 11.5 Å². The lowest BCUT2D eigenvalue weighted by Crippen LogP contribution is -2.01. The number of aromatic hydroxyl groups is 2. The van der Waals surface area contributed by atoms with E-state index in [4.69, 9.17) is 0 Å². The second kappa shape index (κ2) is 5.35. The van der Waals surface area contributed by atoms with Crippen LogP contribution in [0.5, 0.6) is 11.5 Å². The molecule has 0 aromatic heterocycles. The quantitative estimate of drug-likeness (QED) is 0.861. The third kappa shape index (κ3) is 2.73. The fourth-order valence-electron chi connectivity index (χ4n) is 2.51. The lowest BCUT2D eigenvalue weighted by molar-refractivity contribution is 0.452. The Balaban J connectivity index is 2.55. The lowest BCUT2D eigenvalue weighted by Gasteiger charge is -2.19. The van der Waals surface area contributed by atoms with E-state index in [1.54, 1.807) is 12.1 Å². The fourth-order valence-corrected chi connectivity index (χ4v) is 2.51. The van der Waals surface area contributed by atoms with Crippen molar-refractivity contribution in [1.82, 2.24) is 0 Å². The Morgan fingerprint density at radius 2 is 1.26 bits per heavy atom. The molecule has 0 amide bonds. The van der Waals surface area contributed by atoms with E-state index < -0.39 is 0 Å². The Morgan fingerprint density at radius 3 is 1.63 bits per heavy atom. The molecule has 2 N–H and O–H groups in total. The van der Waals surface area contributed by atoms with Gasteiger partial charge in [-0.3, -0.25) is 0 Å². The van der Waals surface area contributed by atoms with Gasteiger partial charge in [0.25, 0.3) is 0 Å². The maximum Gasteiger partial charge on any atom is 0.119 e. The third-order valence-corrected chi connectivity index (χ3v) is 3.53. The van der Waals surface area contributed by atoms with E-state index in [2.05, 4.69) is 6.92 Å². The molecule has 2 heteroatoms. The molecule has 0 saturated heterocycles. The van der Waals surface area contributed by atoms with Crippen LogP contribution in [-0.4, -0.2) is 10.2 Å². The summed E-state index contributed by atoms with van der Waals surface area (Å²) < 4.78 is 0. The first-order chi connectivity index (χ1) is 9.02. The number of phenols is 2. The molecule has 0 bridgehead atoms. The summed E-state index contributed by atoms with van der Waals surface area (Å²) in [6, 6.07) is 11.2. The van der Waals surface area contributed by atoms with Gasteiger partial charge in [0.1, 0.15) is 11.5 Å². The van der Waals surface area contributed by atoms with Crippen LogP contribution >= 0.6 is 0 Å². The lowest BCUT2D eigenvalue weighted by atomic mass is 9.86. The Kier molecular flexibility index (Phi) is 3.79. The van der Waals surface area contributed by atoms with E-state index in [0.29, 0.717) is 11.5 Å². The van der Waals surface area contributed by atoms with Gasteiger partial charge in [0.2, 0.25) is 0 Å². The minimum atomic E-state index is 0.0137. The van der Waals surface area contributed by atoms with Gasteiger partial charge < -0.3 is 10.2 Å². The highest BCUT2D eigenvalue weighted by Gasteiger charge is 2.19. The van der Waals surface area contributed by atoms with Crippen LogP contribution in [0.2, 0.25) is 0 Å². The topological polar surface area (TPSA) is 40.5 Å². The first kappa shape index (κ1) is 13.5. The number of hydrogen-bond donors (Lipinski definition) is 2. The van der Waals surface area contributed by atoms with Crippen LogP contribution in [-0.2, 0) is 0 Å². The third-order valence-electron chi connectivity index (χ3n) is 3.53. The summed E-state index contributed by atoms with van der Waals surface area (Å²) in [5, 5.41) is 20.2. The zero-order valence-electron chi connectivity index (χ0n) is 11.6.